The highest BCUT2D eigenvalue weighted by molar-refractivity contribution is 5.96. The Labute approximate surface area is 190 Å². The molecular weight excluding hydrogens is 430 g/mol. The van der Waals surface area contributed by atoms with E-state index in [9.17, 15) is 13.6 Å². The largest absolute Gasteiger partial charge is 0.495 e. The van der Waals surface area contributed by atoms with Crippen LogP contribution in [0.5, 0.6) is 5.75 Å². The Hall–Kier alpha value is -3.75. The van der Waals surface area contributed by atoms with Gasteiger partial charge in [0, 0.05) is 11.8 Å². The number of aromatic nitrogens is 3. The van der Waals surface area contributed by atoms with Gasteiger partial charge in [0.15, 0.2) is 5.76 Å². The van der Waals surface area contributed by atoms with Gasteiger partial charge in [-0.3, -0.25) is 4.79 Å². The summed E-state index contributed by atoms with van der Waals surface area (Å²) >= 11 is 0. The number of benzene rings is 1. The van der Waals surface area contributed by atoms with Gasteiger partial charge >= 0.3 is 0 Å². The number of carbonyl (C=O) groups excluding carboxylic acids is 1. The maximum atomic E-state index is 14.2. The zero-order chi connectivity index (χ0) is 23.7. The zero-order valence-electron chi connectivity index (χ0n) is 18.8. The molecule has 0 bridgehead atoms. The number of carbonyl (C=O) groups is 1. The van der Waals surface area contributed by atoms with E-state index in [2.05, 4.69) is 9.97 Å². The number of nitrogens with zero attached hydrogens (tertiary/aromatic N) is 4. The Bertz CT molecular complexity index is 1220. The molecule has 0 radical (unpaired) electrons. The molecule has 1 aliphatic heterocycles. The smallest absolute Gasteiger partial charge is 0.289 e. The van der Waals surface area contributed by atoms with Crippen LogP contribution in [0.25, 0.3) is 11.8 Å². The summed E-state index contributed by atoms with van der Waals surface area (Å²) < 4.78 is 40.6. The quantitative estimate of drug-likeness (QED) is 0.427. The first-order valence-electron chi connectivity index (χ1n) is 10.5. The zero-order valence-corrected chi connectivity index (χ0v) is 18.8. The molecule has 0 aliphatic carbocycles. The monoisotopic (exact) mass is 454 g/mol. The molecule has 0 unspecified atom stereocenters. The number of amides is 1. The molecule has 3 aromatic rings. The maximum absolute atomic E-state index is 14.2. The number of hydrogen-bond donors (Lipinski definition) is 0. The van der Waals surface area contributed by atoms with Crippen LogP contribution in [0, 0.1) is 18.8 Å². The Morgan fingerprint density at radius 3 is 2.73 bits per heavy atom. The SMILES string of the molecule is COc1cc(C=C2O[C@@H](C)CN([C@H](C)c3ccc(F)nc3F)C2=O)ccc1-n1cnc(C)c1. The van der Waals surface area contributed by atoms with Crippen molar-refractivity contribution in [1.29, 1.82) is 0 Å². The number of rotatable bonds is 5. The normalized spacial score (nSPS) is 18.4. The number of ether oxygens (including phenoxy) is 2. The first-order valence-corrected chi connectivity index (χ1v) is 10.5. The van der Waals surface area contributed by atoms with Gasteiger partial charge in [0.2, 0.25) is 11.9 Å². The fourth-order valence-electron chi connectivity index (χ4n) is 3.84. The fraction of sp³-hybridized carbons (Fsp3) is 0.292. The molecule has 172 valence electrons. The fourth-order valence-corrected chi connectivity index (χ4v) is 3.84. The summed E-state index contributed by atoms with van der Waals surface area (Å²) in [5, 5.41) is 0. The molecule has 0 spiro atoms. The third-order valence-corrected chi connectivity index (χ3v) is 5.51. The minimum atomic E-state index is -0.935. The first kappa shape index (κ1) is 22.4. The van der Waals surface area contributed by atoms with E-state index < -0.39 is 23.8 Å². The number of hydrogen-bond acceptors (Lipinski definition) is 5. The summed E-state index contributed by atoms with van der Waals surface area (Å²) in [7, 11) is 1.57. The molecule has 0 N–H and O–H groups in total. The second-order valence-corrected chi connectivity index (χ2v) is 7.94. The minimum Gasteiger partial charge on any atom is -0.495 e. The third kappa shape index (κ3) is 4.57. The van der Waals surface area contributed by atoms with Crippen molar-refractivity contribution in [1.82, 2.24) is 19.4 Å². The second-order valence-electron chi connectivity index (χ2n) is 7.94. The van der Waals surface area contributed by atoms with Crippen LogP contribution in [-0.4, -0.2) is 45.1 Å². The summed E-state index contributed by atoms with van der Waals surface area (Å²) in [6.07, 6.45) is 4.89. The average Bonchev–Trinajstić information content (AvgIpc) is 3.21. The van der Waals surface area contributed by atoms with Crippen LogP contribution in [0.1, 0.15) is 36.7 Å². The molecule has 9 heteroatoms. The van der Waals surface area contributed by atoms with Crippen molar-refractivity contribution in [2.75, 3.05) is 13.7 Å². The summed E-state index contributed by atoms with van der Waals surface area (Å²) in [4.78, 5) is 22.2. The van der Waals surface area contributed by atoms with Gasteiger partial charge in [-0.2, -0.15) is 13.8 Å². The summed E-state index contributed by atoms with van der Waals surface area (Å²) in [5.74, 6) is -1.51. The van der Waals surface area contributed by atoms with Crippen molar-refractivity contribution in [3.8, 4) is 11.4 Å². The molecule has 1 aromatic carbocycles. The van der Waals surface area contributed by atoms with E-state index in [1.807, 2.05) is 36.7 Å². The molecule has 1 fully saturated rings. The van der Waals surface area contributed by atoms with Crippen LogP contribution < -0.4 is 4.74 Å². The lowest BCUT2D eigenvalue weighted by Gasteiger charge is -2.37. The summed E-state index contributed by atoms with van der Waals surface area (Å²) in [5.41, 5.74) is 2.52. The Morgan fingerprint density at radius 2 is 2.06 bits per heavy atom. The first-order chi connectivity index (χ1) is 15.8. The van der Waals surface area contributed by atoms with Crippen molar-refractivity contribution >= 4 is 12.0 Å². The highest BCUT2D eigenvalue weighted by Gasteiger charge is 2.34. The molecule has 1 amide bonds. The van der Waals surface area contributed by atoms with Crippen molar-refractivity contribution in [2.24, 2.45) is 0 Å². The van der Waals surface area contributed by atoms with Gasteiger partial charge in [-0.15, -0.1) is 0 Å². The van der Waals surface area contributed by atoms with E-state index in [4.69, 9.17) is 9.47 Å². The standard InChI is InChI=1S/C24H24F2N4O3/c1-14-11-29(13-27-14)19-7-5-17(9-20(19)32-4)10-21-24(31)30(12-15(2)33-21)16(3)18-6-8-22(25)28-23(18)26/h5-11,13,15-16H,12H2,1-4H3/t15-,16+/m0/s1. The lowest BCUT2D eigenvalue weighted by molar-refractivity contribution is -0.141. The van der Waals surface area contributed by atoms with Crippen LogP contribution >= 0.6 is 0 Å². The molecule has 2 aromatic heterocycles. The van der Waals surface area contributed by atoms with Crippen LogP contribution in [0.4, 0.5) is 8.78 Å². The lowest BCUT2D eigenvalue weighted by atomic mass is 10.1. The number of aryl methyl sites for hydroxylation is 1. The van der Waals surface area contributed by atoms with E-state index in [1.165, 1.54) is 11.0 Å². The van der Waals surface area contributed by atoms with Crippen molar-refractivity contribution in [2.45, 2.75) is 32.9 Å². The Kier molecular flexibility index (Phi) is 6.13. The topological polar surface area (TPSA) is 69.5 Å². The van der Waals surface area contributed by atoms with E-state index in [0.717, 1.165) is 17.4 Å². The number of imidazole rings is 1. The predicted molar refractivity (Wildman–Crippen MR) is 118 cm³/mol. The minimum absolute atomic E-state index is 0.129. The number of halogens is 2. The van der Waals surface area contributed by atoms with Crippen molar-refractivity contribution < 1.29 is 23.0 Å². The predicted octanol–water partition coefficient (Wildman–Crippen LogP) is 4.21. The summed E-state index contributed by atoms with van der Waals surface area (Å²) in [6, 6.07) is 7.24. The molecular formula is C24H24F2N4O3. The van der Waals surface area contributed by atoms with Gasteiger partial charge in [-0.1, -0.05) is 6.07 Å². The lowest BCUT2D eigenvalue weighted by Crippen LogP contribution is -2.45. The van der Waals surface area contributed by atoms with Gasteiger partial charge in [0.25, 0.3) is 5.91 Å². The Morgan fingerprint density at radius 1 is 1.27 bits per heavy atom. The van der Waals surface area contributed by atoms with E-state index >= 15 is 0 Å². The van der Waals surface area contributed by atoms with Crippen LogP contribution in [-0.2, 0) is 9.53 Å². The van der Waals surface area contributed by atoms with Gasteiger partial charge < -0.3 is 18.9 Å². The number of methoxy groups -OCH3 is 1. The van der Waals surface area contributed by atoms with Crippen molar-refractivity contribution in [3.63, 3.8) is 0 Å². The van der Waals surface area contributed by atoms with Crippen molar-refractivity contribution in [3.05, 3.63) is 77.3 Å². The van der Waals surface area contributed by atoms with Crippen LogP contribution in [0.15, 0.2) is 48.6 Å². The average molecular weight is 454 g/mol. The molecule has 33 heavy (non-hydrogen) atoms. The molecule has 0 saturated carbocycles. The van der Waals surface area contributed by atoms with E-state index in [0.29, 0.717) is 11.3 Å². The van der Waals surface area contributed by atoms with Gasteiger partial charge in [0.1, 0.15) is 11.9 Å². The molecule has 1 saturated heterocycles. The Balaban J connectivity index is 1.64. The second kappa shape index (κ2) is 9.01. The van der Waals surface area contributed by atoms with Gasteiger partial charge in [0.05, 0.1) is 37.4 Å². The highest BCUT2D eigenvalue weighted by Crippen LogP contribution is 2.30. The van der Waals surface area contributed by atoms with Gasteiger partial charge in [-0.05, 0) is 56.7 Å². The van der Waals surface area contributed by atoms with E-state index in [-0.39, 0.29) is 24.0 Å². The molecule has 7 nitrogen and oxygen atoms in total. The third-order valence-electron chi connectivity index (χ3n) is 5.51. The van der Waals surface area contributed by atoms with Crippen LogP contribution in [0.2, 0.25) is 0 Å². The summed E-state index contributed by atoms with van der Waals surface area (Å²) in [6.45, 7) is 5.66. The van der Waals surface area contributed by atoms with Crippen LogP contribution in [0.3, 0.4) is 0 Å². The molecule has 1 aliphatic rings. The maximum Gasteiger partial charge on any atom is 0.289 e. The number of morpholine rings is 1. The number of pyridine rings is 1. The van der Waals surface area contributed by atoms with Gasteiger partial charge in [-0.25, -0.2) is 4.98 Å². The highest BCUT2D eigenvalue weighted by atomic mass is 19.1. The molecule has 2 atom stereocenters. The van der Waals surface area contributed by atoms with E-state index in [1.54, 1.807) is 32.5 Å². The molecule has 3 heterocycles. The molecule has 4 rings (SSSR count).